The summed E-state index contributed by atoms with van der Waals surface area (Å²) in [4.78, 5) is 12.9. The molecule has 2 aromatic carbocycles. The van der Waals surface area contributed by atoms with Gasteiger partial charge in [-0.3, -0.25) is 4.79 Å². The number of methoxy groups -OCH3 is 1. The van der Waals surface area contributed by atoms with Gasteiger partial charge in [-0.2, -0.15) is 0 Å². The Morgan fingerprint density at radius 2 is 1.63 bits per heavy atom. The molecule has 6 heteroatoms. The number of benzene rings is 2. The number of ether oxygens (including phenoxy) is 1. The van der Waals surface area contributed by atoms with Gasteiger partial charge in [-0.25, -0.2) is 13.1 Å². The van der Waals surface area contributed by atoms with Crippen LogP contribution in [0.2, 0.25) is 0 Å². The van der Waals surface area contributed by atoms with E-state index in [9.17, 15) is 13.2 Å². The highest BCUT2D eigenvalue weighted by Gasteiger charge is 2.34. The summed E-state index contributed by atoms with van der Waals surface area (Å²) in [6.07, 6.45) is 2.31. The number of nitrogens with one attached hydrogen (secondary N) is 1. The van der Waals surface area contributed by atoms with E-state index >= 15 is 0 Å². The van der Waals surface area contributed by atoms with Gasteiger partial charge in [-0.15, -0.1) is 0 Å². The van der Waals surface area contributed by atoms with Gasteiger partial charge in [-0.1, -0.05) is 68.7 Å². The molecule has 0 aliphatic carbocycles. The Bertz CT molecular complexity index is 936. The van der Waals surface area contributed by atoms with Crippen molar-refractivity contribution >= 4 is 16.0 Å². The van der Waals surface area contributed by atoms with E-state index in [1.165, 1.54) is 7.11 Å². The number of carbonyl (C=O) groups is 1. The van der Waals surface area contributed by atoms with Crippen molar-refractivity contribution < 1.29 is 17.9 Å². The predicted molar refractivity (Wildman–Crippen MR) is 120 cm³/mol. The highest BCUT2D eigenvalue weighted by Crippen LogP contribution is 2.32. The van der Waals surface area contributed by atoms with Crippen LogP contribution in [0, 0.1) is 25.7 Å². The Balaban J connectivity index is 2.46. The molecule has 0 bridgehead atoms. The Hall–Kier alpha value is -2.18. The summed E-state index contributed by atoms with van der Waals surface area (Å²) in [6, 6.07) is 13.5. The molecule has 0 aliphatic heterocycles. The first-order chi connectivity index (χ1) is 14.2. The molecule has 0 spiro atoms. The zero-order chi connectivity index (χ0) is 22.3. The fourth-order valence-corrected chi connectivity index (χ4v) is 4.82. The Labute approximate surface area is 180 Å². The van der Waals surface area contributed by atoms with E-state index < -0.39 is 28.0 Å². The molecular formula is C24H33NO4S. The van der Waals surface area contributed by atoms with Gasteiger partial charge >= 0.3 is 5.97 Å². The molecule has 2 rings (SSSR count). The standard InChI is InChI=1S/C24H33NO4S/c1-17(2)9-8-12-22(24(26)29-5)23(21-11-7-6-10-19(21)4)25-30(27,28)20-15-13-18(3)14-16-20/h6-7,10-11,13-17,22-23,25H,8-9,12H2,1-5H3/t22-,23+/m0/s1. The monoisotopic (exact) mass is 431 g/mol. The lowest BCUT2D eigenvalue weighted by atomic mass is 9.86. The van der Waals surface area contributed by atoms with Crippen LogP contribution in [0.4, 0.5) is 0 Å². The molecule has 0 radical (unpaired) electrons. The number of esters is 1. The minimum atomic E-state index is -3.83. The lowest BCUT2D eigenvalue weighted by Crippen LogP contribution is -2.37. The van der Waals surface area contributed by atoms with Crippen LogP contribution in [0.15, 0.2) is 53.4 Å². The quantitative estimate of drug-likeness (QED) is 0.541. The summed E-state index contributed by atoms with van der Waals surface area (Å²) in [5, 5.41) is 0. The number of rotatable bonds is 10. The number of carbonyl (C=O) groups excluding carboxylic acids is 1. The van der Waals surface area contributed by atoms with Gasteiger partial charge in [0.2, 0.25) is 10.0 Å². The average molecular weight is 432 g/mol. The van der Waals surface area contributed by atoms with E-state index in [-0.39, 0.29) is 4.90 Å². The van der Waals surface area contributed by atoms with E-state index in [4.69, 9.17) is 4.74 Å². The molecule has 0 unspecified atom stereocenters. The van der Waals surface area contributed by atoms with E-state index in [0.29, 0.717) is 12.3 Å². The molecule has 0 saturated heterocycles. The highest BCUT2D eigenvalue weighted by atomic mass is 32.2. The summed E-state index contributed by atoms with van der Waals surface area (Å²) in [6.45, 7) is 8.09. The Morgan fingerprint density at radius 1 is 1.00 bits per heavy atom. The molecule has 0 fully saturated rings. The molecular weight excluding hydrogens is 398 g/mol. The molecule has 0 saturated carbocycles. The van der Waals surface area contributed by atoms with Crippen LogP contribution in [0.1, 0.15) is 55.8 Å². The van der Waals surface area contributed by atoms with Gasteiger partial charge in [-0.05, 0) is 49.4 Å². The Morgan fingerprint density at radius 3 is 2.20 bits per heavy atom. The first-order valence-corrected chi connectivity index (χ1v) is 11.9. The van der Waals surface area contributed by atoms with Crippen LogP contribution in [0.25, 0.3) is 0 Å². The van der Waals surface area contributed by atoms with Crippen molar-refractivity contribution in [1.82, 2.24) is 4.72 Å². The smallest absolute Gasteiger partial charge is 0.310 e. The van der Waals surface area contributed by atoms with Crippen LogP contribution in [-0.4, -0.2) is 21.5 Å². The third-order valence-electron chi connectivity index (χ3n) is 5.34. The molecule has 2 atom stereocenters. The number of hydrogen-bond acceptors (Lipinski definition) is 4. The maximum absolute atomic E-state index is 13.2. The molecule has 0 aromatic heterocycles. The largest absolute Gasteiger partial charge is 0.469 e. The molecule has 0 aliphatic rings. The number of aryl methyl sites for hydroxylation is 2. The van der Waals surface area contributed by atoms with Crippen molar-refractivity contribution in [2.45, 2.75) is 57.9 Å². The summed E-state index contributed by atoms with van der Waals surface area (Å²) >= 11 is 0. The van der Waals surface area contributed by atoms with E-state index in [1.54, 1.807) is 24.3 Å². The van der Waals surface area contributed by atoms with Crippen molar-refractivity contribution in [2.24, 2.45) is 11.8 Å². The molecule has 164 valence electrons. The van der Waals surface area contributed by atoms with Crippen molar-refractivity contribution in [3.05, 3.63) is 65.2 Å². The van der Waals surface area contributed by atoms with Crippen LogP contribution in [0.3, 0.4) is 0 Å². The minimum absolute atomic E-state index is 0.178. The normalized spacial score (nSPS) is 13.8. The summed E-state index contributed by atoms with van der Waals surface area (Å²) in [7, 11) is -2.48. The topological polar surface area (TPSA) is 72.5 Å². The van der Waals surface area contributed by atoms with Gasteiger partial charge < -0.3 is 4.74 Å². The van der Waals surface area contributed by atoms with Gasteiger partial charge in [0, 0.05) is 0 Å². The zero-order valence-corrected chi connectivity index (χ0v) is 19.3. The molecule has 2 aromatic rings. The minimum Gasteiger partial charge on any atom is -0.469 e. The van der Waals surface area contributed by atoms with Crippen LogP contribution >= 0.6 is 0 Å². The average Bonchev–Trinajstić information content (AvgIpc) is 2.70. The lowest BCUT2D eigenvalue weighted by molar-refractivity contribution is -0.146. The maximum Gasteiger partial charge on any atom is 0.310 e. The molecule has 0 heterocycles. The fraction of sp³-hybridized carbons (Fsp3) is 0.458. The molecule has 0 amide bonds. The lowest BCUT2D eigenvalue weighted by Gasteiger charge is -2.28. The molecule has 1 N–H and O–H groups in total. The predicted octanol–water partition coefficient (Wildman–Crippen LogP) is 4.94. The van der Waals surface area contributed by atoms with E-state index in [0.717, 1.165) is 29.5 Å². The second-order valence-electron chi connectivity index (χ2n) is 8.22. The first-order valence-electron chi connectivity index (χ1n) is 10.4. The molecule has 5 nitrogen and oxygen atoms in total. The van der Waals surface area contributed by atoms with Gasteiger partial charge in [0.05, 0.1) is 24.0 Å². The third-order valence-corrected chi connectivity index (χ3v) is 6.80. The third kappa shape index (κ3) is 6.41. The highest BCUT2D eigenvalue weighted by molar-refractivity contribution is 7.89. The maximum atomic E-state index is 13.2. The second-order valence-corrected chi connectivity index (χ2v) is 9.94. The first kappa shape index (κ1) is 24.1. The van der Waals surface area contributed by atoms with Crippen molar-refractivity contribution in [3.63, 3.8) is 0 Å². The summed E-state index contributed by atoms with van der Waals surface area (Å²) < 4.78 is 34.2. The van der Waals surface area contributed by atoms with Gasteiger partial charge in [0.25, 0.3) is 0 Å². The van der Waals surface area contributed by atoms with Crippen molar-refractivity contribution in [3.8, 4) is 0 Å². The van der Waals surface area contributed by atoms with Crippen molar-refractivity contribution in [2.75, 3.05) is 7.11 Å². The fourth-order valence-electron chi connectivity index (χ4n) is 3.57. The summed E-state index contributed by atoms with van der Waals surface area (Å²) in [5.41, 5.74) is 2.69. The van der Waals surface area contributed by atoms with Gasteiger partial charge in [0.1, 0.15) is 0 Å². The number of hydrogen-bond donors (Lipinski definition) is 1. The number of sulfonamides is 1. The summed E-state index contributed by atoms with van der Waals surface area (Å²) in [5.74, 6) is -0.516. The second kappa shape index (κ2) is 10.7. The van der Waals surface area contributed by atoms with E-state index in [1.807, 2.05) is 38.1 Å². The van der Waals surface area contributed by atoms with Crippen LogP contribution < -0.4 is 4.72 Å². The van der Waals surface area contributed by atoms with Crippen LogP contribution in [0.5, 0.6) is 0 Å². The van der Waals surface area contributed by atoms with Crippen LogP contribution in [-0.2, 0) is 19.6 Å². The van der Waals surface area contributed by atoms with E-state index in [2.05, 4.69) is 18.6 Å². The zero-order valence-electron chi connectivity index (χ0n) is 18.5. The SMILES string of the molecule is COC(=O)[C@@H](CCCC(C)C)[C@H](NS(=O)(=O)c1ccc(C)cc1)c1ccccc1C. The van der Waals surface area contributed by atoms with Crippen molar-refractivity contribution in [1.29, 1.82) is 0 Å². The molecule has 30 heavy (non-hydrogen) atoms. The Kier molecular flexibility index (Phi) is 8.62. The van der Waals surface area contributed by atoms with Gasteiger partial charge in [0.15, 0.2) is 0 Å².